The lowest BCUT2D eigenvalue weighted by molar-refractivity contribution is -0.914. The molecule has 0 spiro atoms. The maximum Gasteiger partial charge on any atom is 0.129 e. The van der Waals surface area contributed by atoms with Gasteiger partial charge in [-0.2, -0.15) is 0 Å². The highest BCUT2D eigenvalue weighted by Crippen LogP contribution is 2.22. The molecule has 0 unspecified atom stereocenters. The number of hydrogen-bond acceptors (Lipinski definition) is 0. The Morgan fingerprint density at radius 3 is 2.25 bits per heavy atom. The number of halogens is 2. The van der Waals surface area contributed by atoms with Gasteiger partial charge in [-0.05, 0) is 29.5 Å². The van der Waals surface area contributed by atoms with E-state index in [0.717, 1.165) is 0 Å². The molecule has 1 aliphatic heterocycles. The summed E-state index contributed by atoms with van der Waals surface area (Å²) >= 11 is 2.51. The SMILES string of the molecule is C=C1CC[N+](CC)(CI)CC1.[I-]. The van der Waals surface area contributed by atoms with Crippen molar-refractivity contribution in [2.24, 2.45) is 0 Å². The van der Waals surface area contributed by atoms with Gasteiger partial charge < -0.3 is 28.5 Å². The van der Waals surface area contributed by atoms with E-state index in [9.17, 15) is 0 Å². The highest BCUT2D eigenvalue weighted by molar-refractivity contribution is 14.1. The molecule has 0 aromatic rings. The predicted molar refractivity (Wildman–Crippen MR) is 57.8 cm³/mol. The summed E-state index contributed by atoms with van der Waals surface area (Å²) in [6, 6.07) is 0. The Bertz CT molecular complexity index is 141. The summed E-state index contributed by atoms with van der Waals surface area (Å²) in [5.74, 6) is 0. The first-order valence-electron chi connectivity index (χ1n) is 4.30. The fourth-order valence-corrected chi connectivity index (χ4v) is 2.71. The van der Waals surface area contributed by atoms with Crippen LogP contribution in [0.25, 0.3) is 0 Å². The zero-order valence-corrected chi connectivity index (χ0v) is 12.0. The number of alkyl halides is 1. The Balaban J connectivity index is 0.00000121. The molecule has 0 atom stereocenters. The van der Waals surface area contributed by atoms with Gasteiger partial charge in [-0.1, -0.05) is 12.2 Å². The summed E-state index contributed by atoms with van der Waals surface area (Å²) < 4.78 is 2.57. The third-order valence-corrected chi connectivity index (χ3v) is 4.25. The van der Waals surface area contributed by atoms with Crippen molar-refractivity contribution in [1.29, 1.82) is 0 Å². The number of nitrogens with zero attached hydrogens (tertiary/aromatic N) is 1. The molecule has 12 heavy (non-hydrogen) atoms. The molecular weight excluding hydrogens is 376 g/mol. The smallest absolute Gasteiger partial charge is 0.129 e. The van der Waals surface area contributed by atoms with Crippen LogP contribution >= 0.6 is 22.6 Å². The second kappa shape index (κ2) is 5.80. The van der Waals surface area contributed by atoms with Crippen LogP contribution in [0.1, 0.15) is 19.8 Å². The molecule has 0 saturated carbocycles. The molecule has 1 heterocycles. The van der Waals surface area contributed by atoms with E-state index >= 15 is 0 Å². The number of hydrogen-bond donors (Lipinski definition) is 0. The van der Waals surface area contributed by atoms with Crippen molar-refractivity contribution < 1.29 is 28.5 Å². The Hall–Kier alpha value is 1.16. The molecule has 0 aliphatic carbocycles. The molecule has 0 aromatic heterocycles. The molecule has 1 saturated heterocycles. The quantitative estimate of drug-likeness (QED) is 0.197. The molecule has 1 nitrogen and oxygen atoms in total. The van der Waals surface area contributed by atoms with Crippen LogP contribution in [0.4, 0.5) is 0 Å². The molecule has 1 aliphatic rings. The van der Waals surface area contributed by atoms with Gasteiger partial charge in [0.1, 0.15) is 4.55 Å². The highest BCUT2D eigenvalue weighted by Gasteiger charge is 2.27. The van der Waals surface area contributed by atoms with Crippen molar-refractivity contribution in [2.75, 3.05) is 24.2 Å². The van der Waals surface area contributed by atoms with E-state index in [4.69, 9.17) is 0 Å². The van der Waals surface area contributed by atoms with Crippen LogP contribution < -0.4 is 24.0 Å². The molecule has 0 amide bonds. The normalized spacial score (nSPS) is 21.7. The van der Waals surface area contributed by atoms with Crippen molar-refractivity contribution in [3.63, 3.8) is 0 Å². The fraction of sp³-hybridized carbons (Fsp3) is 0.778. The van der Waals surface area contributed by atoms with Gasteiger partial charge in [0.05, 0.1) is 19.6 Å². The largest absolute Gasteiger partial charge is 1.00 e. The number of rotatable bonds is 2. The van der Waals surface area contributed by atoms with E-state index in [1.807, 2.05) is 0 Å². The van der Waals surface area contributed by atoms with Crippen molar-refractivity contribution in [1.82, 2.24) is 0 Å². The Morgan fingerprint density at radius 1 is 1.42 bits per heavy atom. The van der Waals surface area contributed by atoms with Crippen LogP contribution in [-0.2, 0) is 0 Å². The van der Waals surface area contributed by atoms with Gasteiger partial charge in [0.15, 0.2) is 0 Å². The lowest BCUT2D eigenvalue weighted by Gasteiger charge is -2.39. The predicted octanol–water partition coefficient (Wildman–Crippen LogP) is -0.430. The Morgan fingerprint density at radius 2 is 1.92 bits per heavy atom. The first-order valence-corrected chi connectivity index (χ1v) is 5.83. The lowest BCUT2D eigenvalue weighted by atomic mass is 10.0. The van der Waals surface area contributed by atoms with Gasteiger partial charge in [-0.3, -0.25) is 0 Å². The molecule has 72 valence electrons. The van der Waals surface area contributed by atoms with E-state index in [-0.39, 0.29) is 24.0 Å². The summed E-state index contributed by atoms with van der Waals surface area (Å²) in [5, 5.41) is 0. The maximum atomic E-state index is 4.04. The molecule has 1 fully saturated rings. The molecule has 1 rings (SSSR count). The highest BCUT2D eigenvalue weighted by atomic mass is 127. The van der Waals surface area contributed by atoms with Crippen LogP contribution in [0.15, 0.2) is 12.2 Å². The van der Waals surface area contributed by atoms with E-state index in [2.05, 4.69) is 36.1 Å². The van der Waals surface area contributed by atoms with Crippen molar-refractivity contribution >= 4 is 22.6 Å². The maximum absolute atomic E-state index is 4.04. The standard InChI is InChI=1S/C9H17IN.HI/c1-3-11(8-10)6-4-9(2)5-7-11;/h2-8H2,1H3;1H/q+1;/p-1. The number of quaternary nitrogens is 1. The van der Waals surface area contributed by atoms with Crippen molar-refractivity contribution in [3.8, 4) is 0 Å². The number of likely N-dealkylation sites (tertiary alicyclic amines) is 1. The minimum absolute atomic E-state index is 0. The van der Waals surface area contributed by atoms with Gasteiger partial charge in [0.25, 0.3) is 0 Å². The van der Waals surface area contributed by atoms with Crippen LogP contribution in [-0.4, -0.2) is 28.7 Å². The van der Waals surface area contributed by atoms with Crippen LogP contribution in [0.2, 0.25) is 0 Å². The topological polar surface area (TPSA) is 0 Å². The van der Waals surface area contributed by atoms with E-state index in [1.165, 1.54) is 47.1 Å². The monoisotopic (exact) mass is 393 g/mol. The van der Waals surface area contributed by atoms with E-state index in [1.54, 1.807) is 0 Å². The molecular formula is C9H17I2N. The molecule has 0 radical (unpaired) electrons. The van der Waals surface area contributed by atoms with Gasteiger partial charge in [-0.25, -0.2) is 0 Å². The fourth-order valence-electron chi connectivity index (χ4n) is 1.55. The van der Waals surface area contributed by atoms with Gasteiger partial charge >= 0.3 is 0 Å². The molecule has 3 heteroatoms. The van der Waals surface area contributed by atoms with E-state index in [0.29, 0.717) is 0 Å². The minimum atomic E-state index is 0. The zero-order chi connectivity index (χ0) is 8.32. The summed E-state index contributed by atoms with van der Waals surface area (Å²) in [7, 11) is 0. The Kier molecular flexibility index (Phi) is 6.36. The first-order chi connectivity index (χ1) is 5.22. The molecule has 0 bridgehead atoms. The van der Waals surface area contributed by atoms with Crippen LogP contribution in [0.3, 0.4) is 0 Å². The van der Waals surface area contributed by atoms with Crippen LogP contribution in [0, 0.1) is 0 Å². The zero-order valence-electron chi connectivity index (χ0n) is 7.65. The third kappa shape index (κ3) is 3.14. The molecule has 0 aromatic carbocycles. The summed E-state index contributed by atoms with van der Waals surface area (Å²) in [5.41, 5.74) is 1.46. The second-order valence-corrected chi connectivity index (χ2v) is 4.16. The van der Waals surface area contributed by atoms with E-state index < -0.39 is 0 Å². The van der Waals surface area contributed by atoms with Gasteiger partial charge in [0.2, 0.25) is 0 Å². The second-order valence-electron chi connectivity index (χ2n) is 3.47. The minimum Gasteiger partial charge on any atom is -1.00 e. The average molecular weight is 393 g/mol. The summed E-state index contributed by atoms with van der Waals surface area (Å²) in [6.07, 6.45) is 2.49. The summed E-state index contributed by atoms with van der Waals surface area (Å²) in [6.45, 7) is 10.3. The number of piperidine rings is 1. The first kappa shape index (κ1) is 13.2. The van der Waals surface area contributed by atoms with Crippen LogP contribution in [0.5, 0.6) is 0 Å². The Labute approximate surface area is 106 Å². The van der Waals surface area contributed by atoms with Gasteiger partial charge in [0, 0.05) is 12.8 Å². The van der Waals surface area contributed by atoms with Crippen molar-refractivity contribution in [2.45, 2.75) is 19.8 Å². The van der Waals surface area contributed by atoms with Crippen molar-refractivity contribution in [3.05, 3.63) is 12.2 Å². The summed E-state index contributed by atoms with van der Waals surface area (Å²) in [4.78, 5) is 0. The lowest BCUT2D eigenvalue weighted by Crippen LogP contribution is -3.00. The van der Waals surface area contributed by atoms with Gasteiger partial charge in [-0.15, -0.1) is 0 Å². The molecule has 0 N–H and O–H groups in total. The third-order valence-electron chi connectivity index (χ3n) is 2.80. The average Bonchev–Trinajstić information content (AvgIpc) is 2.07.